The highest BCUT2D eigenvalue weighted by atomic mass is 33.5. The summed E-state index contributed by atoms with van der Waals surface area (Å²) in [4.78, 5) is 24.2. The second-order valence-electron chi connectivity index (χ2n) is 4.31. The van der Waals surface area contributed by atoms with E-state index in [-0.39, 0.29) is 5.91 Å². The quantitative estimate of drug-likeness (QED) is 0.321. The molecule has 0 saturated heterocycles. The van der Waals surface area contributed by atoms with Crippen LogP contribution in [0.5, 0.6) is 0 Å². The first kappa shape index (κ1) is 19.9. The fraction of sp³-hybridized carbons (Fsp3) is 0.833. The number of nitrogens with zero attached hydrogens (tertiary/aromatic N) is 1. The van der Waals surface area contributed by atoms with Gasteiger partial charge in [0.25, 0.3) is 0 Å². The minimum Gasteiger partial charge on any atom is -0.480 e. The van der Waals surface area contributed by atoms with Gasteiger partial charge in [-0.05, 0) is 35.8 Å². The Morgan fingerprint density at radius 3 is 2.25 bits per heavy atom. The molecule has 20 heavy (non-hydrogen) atoms. The minimum absolute atomic E-state index is 0.312. The van der Waals surface area contributed by atoms with Crippen LogP contribution in [0, 0.1) is 0 Å². The maximum absolute atomic E-state index is 10.9. The van der Waals surface area contributed by atoms with E-state index in [2.05, 4.69) is 24.1 Å². The largest absolute Gasteiger partial charge is 0.480 e. The normalized spacial score (nSPS) is 12.4. The van der Waals surface area contributed by atoms with Gasteiger partial charge in [-0.3, -0.25) is 9.69 Å². The Hall–Kier alpha value is -0.0500. The molecule has 0 spiro atoms. The third-order valence-electron chi connectivity index (χ3n) is 2.32. The average molecular weight is 341 g/mol. The number of carboxylic acids is 1. The molecule has 0 aliphatic carbocycles. The number of carboxylic acid groups (broad SMARTS) is 1. The van der Waals surface area contributed by atoms with Gasteiger partial charge in [0.1, 0.15) is 6.04 Å². The van der Waals surface area contributed by atoms with Crippen molar-refractivity contribution >= 4 is 43.3 Å². The van der Waals surface area contributed by atoms with E-state index in [1.165, 1.54) is 17.7 Å². The van der Waals surface area contributed by atoms with Gasteiger partial charge in [-0.1, -0.05) is 35.4 Å². The molecule has 0 aromatic heterocycles. The van der Waals surface area contributed by atoms with Gasteiger partial charge in [0, 0.05) is 12.7 Å². The molecule has 0 aromatic carbocycles. The lowest BCUT2D eigenvalue weighted by Crippen LogP contribution is -2.41. The van der Waals surface area contributed by atoms with Crippen LogP contribution in [0.1, 0.15) is 33.6 Å². The van der Waals surface area contributed by atoms with Gasteiger partial charge in [-0.15, -0.1) is 0 Å². The minimum atomic E-state index is -0.989. The van der Waals surface area contributed by atoms with Crippen molar-refractivity contribution in [2.24, 2.45) is 0 Å². The summed E-state index contributed by atoms with van der Waals surface area (Å²) in [7, 11) is 4.76. The number of aliphatic carboxylic acids is 1. The Bertz CT molecular complexity index is 287. The van der Waals surface area contributed by atoms with E-state index in [0.717, 1.165) is 31.8 Å². The molecule has 0 fully saturated rings. The predicted molar refractivity (Wildman–Crippen MR) is 89.9 cm³/mol. The van der Waals surface area contributed by atoms with Crippen LogP contribution < -0.4 is 5.32 Å². The highest BCUT2D eigenvalue weighted by molar-refractivity contribution is 9.09. The number of carbonyl (C=O) groups is 2. The third-order valence-corrected chi connectivity index (χ3v) is 6.49. The molecule has 0 bridgehead atoms. The van der Waals surface area contributed by atoms with E-state index < -0.39 is 12.0 Å². The number of amides is 1. The molecule has 118 valence electrons. The third kappa shape index (κ3) is 10.7. The highest BCUT2D eigenvalue weighted by Crippen LogP contribution is 2.35. The SMILES string of the molecule is CCCN(CCC)CSSSC[C@H](NC(C)=O)C(=O)O. The second kappa shape index (κ2) is 12.7. The van der Waals surface area contributed by atoms with Crippen molar-refractivity contribution in [3.63, 3.8) is 0 Å². The van der Waals surface area contributed by atoms with E-state index >= 15 is 0 Å². The fourth-order valence-electron chi connectivity index (χ4n) is 1.52. The van der Waals surface area contributed by atoms with E-state index in [1.807, 2.05) is 0 Å². The van der Waals surface area contributed by atoms with Crippen LogP contribution in [0.2, 0.25) is 0 Å². The predicted octanol–water partition coefficient (Wildman–Crippen LogP) is 2.68. The number of hydrogen-bond donors (Lipinski definition) is 2. The Morgan fingerprint density at radius 2 is 1.80 bits per heavy atom. The van der Waals surface area contributed by atoms with Crippen molar-refractivity contribution in [1.82, 2.24) is 10.2 Å². The van der Waals surface area contributed by atoms with E-state index in [9.17, 15) is 9.59 Å². The molecule has 5 nitrogen and oxygen atoms in total. The van der Waals surface area contributed by atoms with Gasteiger partial charge in [0.2, 0.25) is 5.91 Å². The summed E-state index contributed by atoms with van der Waals surface area (Å²) in [6, 6.07) is -0.812. The summed E-state index contributed by atoms with van der Waals surface area (Å²) in [5, 5.41) is 11.4. The molecule has 0 aliphatic rings. The molecule has 0 saturated carbocycles. The molecule has 0 rings (SSSR count). The van der Waals surface area contributed by atoms with Crippen LogP contribution in [-0.4, -0.2) is 52.6 Å². The number of hydrogen-bond acceptors (Lipinski definition) is 6. The lowest BCUT2D eigenvalue weighted by atomic mass is 10.3. The van der Waals surface area contributed by atoms with Crippen molar-refractivity contribution < 1.29 is 14.7 Å². The number of rotatable bonds is 12. The molecule has 0 unspecified atom stereocenters. The molecule has 2 N–H and O–H groups in total. The van der Waals surface area contributed by atoms with Crippen LogP contribution in [0.3, 0.4) is 0 Å². The average Bonchev–Trinajstić information content (AvgIpc) is 2.36. The number of nitrogens with one attached hydrogen (secondary N) is 1. The van der Waals surface area contributed by atoms with E-state index in [1.54, 1.807) is 20.6 Å². The molecule has 1 atom stereocenters. The standard InChI is InChI=1S/C12H24N2O3S3/c1-4-6-14(7-5-2)9-19-20-18-8-11(12(16)17)13-10(3)15/h11H,4-9H2,1-3H3,(H,13,15)(H,16,17)/t11-/m0/s1. The highest BCUT2D eigenvalue weighted by Gasteiger charge is 2.18. The van der Waals surface area contributed by atoms with Crippen LogP contribution >= 0.6 is 31.4 Å². The first-order valence-corrected chi connectivity index (χ1v) is 10.5. The summed E-state index contributed by atoms with van der Waals surface area (Å²) in [5.74, 6) is 0.00959. The molecule has 0 heterocycles. The molecular weight excluding hydrogens is 316 g/mol. The summed E-state index contributed by atoms with van der Waals surface area (Å²) >= 11 is 0. The first-order valence-electron chi connectivity index (χ1n) is 6.64. The lowest BCUT2D eigenvalue weighted by Gasteiger charge is -2.19. The maximum atomic E-state index is 10.9. The fourth-order valence-corrected chi connectivity index (χ4v) is 5.31. The van der Waals surface area contributed by atoms with Gasteiger partial charge in [0.05, 0.1) is 5.88 Å². The monoisotopic (exact) mass is 340 g/mol. The smallest absolute Gasteiger partial charge is 0.327 e. The summed E-state index contributed by atoms with van der Waals surface area (Å²) in [6.45, 7) is 7.85. The zero-order valence-electron chi connectivity index (χ0n) is 12.3. The number of carbonyl (C=O) groups excluding carboxylic acids is 1. The van der Waals surface area contributed by atoms with Gasteiger partial charge in [0.15, 0.2) is 0 Å². The van der Waals surface area contributed by atoms with Crippen molar-refractivity contribution in [3.8, 4) is 0 Å². The molecule has 1 amide bonds. The Balaban J connectivity index is 3.81. The topological polar surface area (TPSA) is 69.6 Å². The molecular formula is C12H24N2O3S3. The summed E-state index contributed by atoms with van der Waals surface area (Å²) in [6.07, 6.45) is 2.28. The van der Waals surface area contributed by atoms with Crippen LogP contribution in [0.4, 0.5) is 0 Å². The van der Waals surface area contributed by atoms with Crippen LogP contribution in [-0.2, 0) is 9.59 Å². The molecule has 0 aliphatic heterocycles. The first-order chi connectivity index (χ1) is 9.51. The Labute approximate surface area is 132 Å². The van der Waals surface area contributed by atoms with Crippen molar-refractivity contribution in [2.75, 3.05) is 24.7 Å². The molecule has 0 radical (unpaired) electrons. The van der Waals surface area contributed by atoms with E-state index in [4.69, 9.17) is 5.11 Å². The summed E-state index contributed by atoms with van der Waals surface area (Å²) in [5.41, 5.74) is 0. The van der Waals surface area contributed by atoms with Gasteiger partial charge < -0.3 is 10.4 Å². The molecule has 8 heteroatoms. The molecule has 0 aromatic rings. The second-order valence-corrected chi connectivity index (χ2v) is 8.56. The van der Waals surface area contributed by atoms with Crippen molar-refractivity contribution in [1.29, 1.82) is 0 Å². The van der Waals surface area contributed by atoms with Gasteiger partial charge in [-0.25, -0.2) is 4.79 Å². The Morgan fingerprint density at radius 1 is 1.20 bits per heavy atom. The maximum Gasteiger partial charge on any atom is 0.327 e. The zero-order valence-corrected chi connectivity index (χ0v) is 14.7. The zero-order chi connectivity index (χ0) is 15.4. The van der Waals surface area contributed by atoms with Crippen molar-refractivity contribution in [2.45, 2.75) is 39.7 Å². The lowest BCUT2D eigenvalue weighted by molar-refractivity contribution is -0.140. The summed E-state index contributed by atoms with van der Waals surface area (Å²) < 4.78 is 0. The van der Waals surface area contributed by atoms with Crippen LogP contribution in [0.25, 0.3) is 0 Å². The van der Waals surface area contributed by atoms with E-state index in [0.29, 0.717) is 5.75 Å². The van der Waals surface area contributed by atoms with Crippen LogP contribution in [0.15, 0.2) is 0 Å². The Kier molecular flexibility index (Phi) is 12.6. The van der Waals surface area contributed by atoms with Gasteiger partial charge >= 0.3 is 5.97 Å². The van der Waals surface area contributed by atoms with Gasteiger partial charge in [-0.2, -0.15) is 0 Å². The van der Waals surface area contributed by atoms with Crippen molar-refractivity contribution in [3.05, 3.63) is 0 Å².